The van der Waals surface area contributed by atoms with Crippen LogP contribution in [0.3, 0.4) is 0 Å². The van der Waals surface area contributed by atoms with Crippen LogP contribution in [0, 0.1) is 11.3 Å². The van der Waals surface area contributed by atoms with E-state index in [0.717, 1.165) is 66.4 Å². The zero-order valence-electron chi connectivity index (χ0n) is 24.8. The van der Waals surface area contributed by atoms with Crippen LogP contribution in [0.2, 0.25) is 0 Å². The first-order valence-corrected chi connectivity index (χ1v) is 15.4. The number of aliphatic imine (C=N–C) groups is 2. The number of nitriles is 1. The molecule has 5 heteroatoms. The Hall–Kier alpha value is -6.25. The molecule has 2 aromatic heterocycles. The molecule has 1 unspecified atom stereocenters. The zero-order valence-corrected chi connectivity index (χ0v) is 24.8. The highest BCUT2D eigenvalue weighted by Gasteiger charge is 2.23. The van der Waals surface area contributed by atoms with Gasteiger partial charge in [0.25, 0.3) is 0 Å². The van der Waals surface area contributed by atoms with Crippen molar-refractivity contribution in [2.24, 2.45) is 9.98 Å². The van der Waals surface area contributed by atoms with Crippen LogP contribution in [0.25, 0.3) is 49.4 Å². The Labute approximate surface area is 265 Å². The van der Waals surface area contributed by atoms with Crippen LogP contribution in [-0.2, 0) is 0 Å². The first-order valence-electron chi connectivity index (χ1n) is 15.4. The summed E-state index contributed by atoms with van der Waals surface area (Å²) in [5.74, 6) is 0.699. The van der Waals surface area contributed by atoms with E-state index in [0.29, 0.717) is 17.8 Å². The Balaban J connectivity index is 1.23. The molecule has 9 rings (SSSR count). The van der Waals surface area contributed by atoms with Crippen LogP contribution in [0.1, 0.15) is 34.7 Å². The normalized spacial score (nSPS) is 14.9. The highest BCUT2D eigenvalue weighted by Crippen LogP contribution is 2.38. The lowest BCUT2D eigenvalue weighted by Crippen LogP contribution is -2.17. The van der Waals surface area contributed by atoms with Crippen LogP contribution < -0.4 is 0 Å². The molecule has 1 atom stereocenters. The molecule has 3 heterocycles. The van der Waals surface area contributed by atoms with Gasteiger partial charge >= 0.3 is 0 Å². The lowest BCUT2D eigenvalue weighted by molar-refractivity contribution is 0.669. The van der Waals surface area contributed by atoms with Crippen LogP contribution in [-0.4, -0.2) is 16.1 Å². The molecule has 216 valence electrons. The molecule has 5 nitrogen and oxygen atoms in total. The molecule has 0 saturated heterocycles. The molecule has 0 radical (unpaired) electrons. The van der Waals surface area contributed by atoms with Gasteiger partial charge in [-0.2, -0.15) is 5.26 Å². The van der Waals surface area contributed by atoms with E-state index < -0.39 is 0 Å². The van der Waals surface area contributed by atoms with Crippen LogP contribution in [0.15, 0.2) is 154 Å². The minimum absolute atomic E-state index is 0.116. The van der Waals surface area contributed by atoms with Gasteiger partial charge in [0.15, 0.2) is 5.84 Å². The van der Waals surface area contributed by atoms with Crippen molar-refractivity contribution < 1.29 is 4.42 Å². The van der Waals surface area contributed by atoms with Gasteiger partial charge < -0.3 is 8.98 Å². The largest absolute Gasteiger partial charge is 0.456 e. The Kier molecular flexibility index (Phi) is 5.94. The lowest BCUT2D eigenvalue weighted by atomic mass is 9.95. The van der Waals surface area contributed by atoms with Crippen molar-refractivity contribution in [2.45, 2.75) is 12.5 Å². The van der Waals surface area contributed by atoms with E-state index >= 15 is 0 Å². The summed E-state index contributed by atoms with van der Waals surface area (Å²) in [7, 11) is 0. The Morgan fingerprint density at radius 1 is 0.630 bits per heavy atom. The summed E-state index contributed by atoms with van der Waals surface area (Å²) in [6, 6.07) is 49.9. The Bertz CT molecular complexity index is 2560. The summed E-state index contributed by atoms with van der Waals surface area (Å²) >= 11 is 0. The van der Waals surface area contributed by atoms with Crippen LogP contribution in [0.4, 0.5) is 0 Å². The van der Waals surface area contributed by atoms with Gasteiger partial charge in [0, 0.05) is 39.2 Å². The SMILES string of the molecule is N#Cc1ccc(C2CC(c3ccccc3)=NC(c3cccc(-n4c5ccccc5c5cc6oc7ccccc7c6cc54)c3)=N2)cc1. The maximum absolute atomic E-state index is 9.34. The average molecular weight is 591 g/mol. The number of aromatic nitrogens is 1. The van der Waals surface area contributed by atoms with E-state index in [9.17, 15) is 5.26 Å². The summed E-state index contributed by atoms with van der Waals surface area (Å²) in [6.07, 6.45) is 0.681. The Morgan fingerprint density at radius 2 is 1.39 bits per heavy atom. The van der Waals surface area contributed by atoms with E-state index in [-0.39, 0.29) is 6.04 Å². The number of fused-ring (bicyclic) bond motifs is 6. The molecule has 1 aliphatic rings. The van der Waals surface area contributed by atoms with Gasteiger partial charge in [-0.25, -0.2) is 4.99 Å². The summed E-state index contributed by atoms with van der Waals surface area (Å²) in [5, 5.41) is 13.9. The van der Waals surface area contributed by atoms with Crippen LogP contribution >= 0.6 is 0 Å². The summed E-state index contributed by atoms with van der Waals surface area (Å²) in [4.78, 5) is 10.3. The van der Waals surface area contributed by atoms with Gasteiger partial charge in [-0.15, -0.1) is 0 Å². The molecule has 1 aliphatic heterocycles. The quantitative estimate of drug-likeness (QED) is 0.205. The van der Waals surface area contributed by atoms with Crippen molar-refractivity contribution in [1.29, 1.82) is 5.26 Å². The number of nitrogens with zero attached hydrogens (tertiary/aromatic N) is 4. The number of amidine groups is 1. The predicted molar refractivity (Wildman–Crippen MR) is 186 cm³/mol. The van der Waals surface area contributed by atoms with E-state index in [1.165, 1.54) is 5.39 Å². The molecule has 0 aliphatic carbocycles. The number of hydrogen-bond acceptors (Lipinski definition) is 4. The molecule has 0 amide bonds. The van der Waals surface area contributed by atoms with E-state index in [4.69, 9.17) is 14.4 Å². The fourth-order valence-corrected chi connectivity index (χ4v) is 6.75. The van der Waals surface area contributed by atoms with Gasteiger partial charge in [-0.1, -0.05) is 91.0 Å². The van der Waals surface area contributed by atoms with Gasteiger partial charge in [0.1, 0.15) is 11.2 Å². The summed E-state index contributed by atoms with van der Waals surface area (Å²) in [6.45, 7) is 0. The molecule has 46 heavy (non-hydrogen) atoms. The monoisotopic (exact) mass is 590 g/mol. The summed E-state index contributed by atoms with van der Waals surface area (Å²) < 4.78 is 8.61. The molecule has 0 fully saturated rings. The second kappa shape index (κ2) is 10.4. The fraction of sp³-hybridized carbons (Fsp3) is 0.0488. The first-order chi connectivity index (χ1) is 22.7. The third-order valence-corrected chi connectivity index (χ3v) is 8.97. The number of para-hydroxylation sites is 2. The van der Waals surface area contributed by atoms with Crippen molar-refractivity contribution in [2.75, 3.05) is 0 Å². The van der Waals surface area contributed by atoms with Gasteiger partial charge in [-0.05, 0) is 59.7 Å². The molecule has 0 N–H and O–H groups in total. The van der Waals surface area contributed by atoms with E-state index in [2.05, 4.69) is 95.6 Å². The van der Waals surface area contributed by atoms with E-state index in [1.54, 1.807) is 0 Å². The Morgan fingerprint density at radius 3 is 2.24 bits per heavy atom. The maximum atomic E-state index is 9.34. The standard InChI is InChI=1S/C41H26N4O/c42-25-26-17-19-28(20-18-26)36-24-35(27-9-2-1-3-10-27)43-41(44-36)29-11-8-12-30(21-29)45-37-15-6-4-13-31(37)33-23-40-34(22-38(33)45)32-14-5-7-16-39(32)46-40/h1-23,36H,24H2. The van der Waals surface area contributed by atoms with E-state index in [1.807, 2.05) is 54.6 Å². The minimum atomic E-state index is -0.116. The van der Waals surface area contributed by atoms with Crippen molar-refractivity contribution in [3.05, 3.63) is 162 Å². The average Bonchev–Trinajstić information content (AvgIpc) is 3.65. The second-order valence-corrected chi connectivity index (χ2v) is 11.7. The number of hydrogen-bond donors (Lipinski definition) is 0. The smallest absolute Gasteiger partial charge is 0.155 e. The van der Waals surface area contributed by atoms with Crippen molar-refractivity contribution in [3.63, 3.8) is 0 Å². The molecule has 0 bridgehead atoms. The number of benzene rings is 6. The van der Waals surface area contributed by atoms with Crippen LogP contribution in [0.5, 0.6) is 0 Å². The number of furan rings is 1. The molecule has 8 aromatic rings. The second-order valence-electron chi connectivity index (χ2n) is 11.7. The molecule has 0 spiro atoms. The zero-order chi connectivity index (χ0) is 30.6. The molecule has 6 aromatic carbocycles. The highest BCUT2D eigenvalue weighted by molar-refractivity contribution is 6.17. The molecular weight excluding hydrogens is 564 g/mol. The van der Waals surface area contributed by atoms with Gasteiger partial charge in [-0.3, -0.25) is 4.99 Å². The summed E-state index contributed by atoms with van der Waals surface area (Å²) in [5.41, 5.74) is 9.80. The lowest BCUT2D eigenvalue weighted by Gasteiger charge is -2.22. The third-order valence-electron chi connectivity index (χ3n) is 8.97. The van der Waals surface area contributed by atoms with Crippen molar-refractivity contribution in [3.8, 4) is 11.8 Å². The number of rotatable bonds is 4. The van der Waals surface area contributed by atoms with Crippen molar-refractivity contribution in [1.82, 2.24) is 4.57 Å². The molecular formula is C41H26N4O. The van der Waals surface area contributed by atoms with Gasteiger partial charge in [0.2, 0.25) is 0 Å². The minimum Gasteiger partial charge on any atom is -0.456 e. The predicted octanol–water partition coefficient (Wildman–Crippen LogP) is 9.94. The van der Waals surface area contributed by atoms with Crippen molar-refractivity contribution >= 4 is 55.3 Å². The first kappa shape index (κ1) is 26.2. The fourth-order valence-electron chi connectivity index (χ4n) is 6.75. The van der Waals surface area contributed by atoms with Gasteiger partial charge in [0.05, 0.1) is 34.4 Å². The maximum Gasteiger partial charge on any atom is 0.155 e. The third kappa shape index (κ3) is 4.23. The molecule has 0 saturated carbocycles. The highest BCUT2D eigenvalue weighted by atomic mass is 16.3. The topological polar surface area (TPSA) is 66.6 Å².